The summed E-state index contributed by atoms with van der Waals surface area (Å²) < 4.78 is 23.8. The van der Waals surface area contributed by atoms with Gasteiger partial charge in [-0.15, -0.1) is 0 Å². The van der Waals surface area contributed by atoms with Crippen molar-refractivity contribution in [2.75, 3.05) is 58.3 Å². The van der Waals surface area contributed by atoms with Crippen LogP contribution in [0, 0.1) is 11.3 Å². The van der Waals surface area contributed by atoms with Gasteiger partial charge in [0.2, 0.25) is 0 Å². The molecule has 0 atom stereocenters. The quantitative estimate of drug-likeness (QED) is 0.501. The molecule has 2 saturated heterocycles. The summed E-state index contributed by atoms with van der Waals surface area (Å²) in [6, 6.07) is 1.96. The summed E-state index contributed by atoms with van der Waals surface area (Å²) in [6.07, 6.45) is 2.41. The first-order chi connectivity index (χ1) is 18.9. The van der Waals surface area contributed by atoms with E-state index in [4.69, 9.17) is 14.7 Å². The van der Waals surface area contributed by atoms with Crippen molar-refractivity contribution in [2.45, 2.75) is 73.1 Å². The van der Waals surface area contributed by atoms with Crippen LogP contribution >= 0.6 is 0 Å². The lowest BCUT2D eigenvalue weighted by atomic mass is 10.2. The molecule has 0 N–H and O–H groups in total. The van der Waals surface area contributed by atoms with Crippen LogP contribution in [-0.2, 0) is 22.6 Å². The molecule has 3 aliphatic rings. The van der Waals surface area contributed by atoms with Gasteiger partial charge in [-0.05, 0) is 53.8 Å². The number of nitriles is 1. The fourth-order valence-corrected chi connectivity index (χ4v) is 4.19. The van der Waals surface area contributed by atoms with Gasteiger partial charge in [-0.2, -0.15) is 15.2 Å². The maximum Gasteiger partial charge on any atom is 0.410 e. The van der Waals surface area contributed by atoms with E-state index < -0.39 is 23.4 Å². The first-order valence-corrected chi connectivity index (χ1v) is 13.7. The highest BCUT2D eigenvalue weighted by atomic mass is 19.1. The molecule has 0 saturated carbocycles. The predicted molar refractivity (Wildman–Crippen MR) is 152 cm³/mol. The van der Waals surface area contributed by atoms with Gasteiger partial charge in [-0.25, -0.2) is 9.18 Å². The number of methoxy groups -OCH3 is 1. The highest BCUT2D eigenvalue weighted by molar-refractivity contribution is 5.90. The van der Waals surface area contributed by atoms with Crippen LogP contribution in [0.25, 0.3) is 0 Å². The molecular weight excluding hydrogens is 517 g/mol. The minimum Gasteiger partial charge on any atom is -0.467 e. The van der Waals surface area contributed by atoms with Gasteiger partial charge >= 0.3 is 12.1 Å². The van der Waals surface area contributed by atoms with Crippen LogP contribution in [0.5, 0.6) is 6.01 Å². The number of fused-ring (bicyclic) bond motifs is 1. The lowest BCUT2D eigenvalue weighted by molar-refractivity contribution is -0.128. The largest absolute Gasteiger partial charge is 0.467 e. The van der Waals surface area contributed by atoms with Crippen molar-refractivity contribution >= 4 is 17.8 Å². The number of ether oxygens (including phenoxy) is 2. The van der Waals surface area contributed by atoms with E-state index in [0.29, 0.717) is 50.8 Å². The van der Waals surface area contributed by atoms with Crippen molar-refractivity contribution in [1.82, 2.24) is 24.7 Å². The van der Waals surface area contributed by atoms with E-state index in [1.165, 1.54) is 44.9 Å². The van der Waals surface area contributed by atoms with Crippen molar-refractivity contribution in [1.29, 1.82) is 5.26 Å². The third kappa shape index (κ3) is 10.6. The van der Waals surface area contributed by atoms with Crippen molar-refractivity contribution in [3.8, 4) is 12.1 Å². The molecule has 0 bridgehead atoms. The lowest BCUT2D eigenvalue weighted by Gasteiger charge is -2.35. The third-order valence-electron chi connectivity index (χ3n) is 6.00. The maximum absolute atomic E-state index is 13.1. The van der Waals surface area contributed by atoms with E-state index in [9.17, 15) is 14.0 Å². The maximum atomic E-state index is 13.1. The molecule has 40 heavy (non-hydrogen) atoms. The number of nitrogens with zero attached hydrogens (tertiary/aromatic N) is 7. The van der Waals surface area contributed by atoms with Crippen molar-refractivity contribution < 1.29 is 23.5 Å². The van der Waals surface area contributed by atoms with Crippen molar-refractivity contribution in [3.05, 3.63) is 23.7 Å². The molecule has 0 aliphatic carbocycles. The molecule has 2 amide bonds. The SMILES string of the molecule is C=C(F)C(=O)N1CCN(c2nc(OC)nc3c2CN(C(=O)OC(C)(C)C)C3)CC1.CC.CC#N.CN1CCCC1. The summed E-state index contributed by atoms with van der Waals surface area (Å²) in [4.78, 5) is 40.5. The summed E-state index contributed by atoms with van der Waals surface area (Å²) >= 11 is 0. The molecule has 0 radical (unpaired) electrons. The first kappa shape index (κ1) is 34.6. The monoisotopic (exact) mass is 563 g/mol. The average Bonchev–Trinajstić information content (AvgIpc) is 3.58. The number of likely N-dealkylation sites (tertiary alicyclic amines) is 1. The van der Waals surface area contributed by atoms with Crippen LogP contribution in [0.4, 0.5) is 15.0 Å². The van der Waals surface area contributed by atoms with E-state index in [1.54, 1.807) is 11.0 Å². The number of hydrogen-bond donors (Lipinski definition) is 0. The molecule has 0 spiro atoms. The molecule has 11 nitrogen and oxygen atoms in total. The van der Waals surface area contributed by atoms with E-state index in [2.05, 4.69) is 28.5 Å². The zero-order chi connectivity index (χ0) is 30.5. The number of amides is 2. The Morgan fingerprint density at radius 3 is 1.98 bits per heavy atom. The highest BCUT2D eigenvalue weighted by Crippen LogP contribution is 2.32. The Hall–Kier alpha value is -3.46. The molecule has 12 heteroatoms. The number of anilines is 1. The summed E-state index contributed by atoms with van der Waals surface area (Å²) in [6.45, 7) is 18.8. The van der Waals surface area contributed by atoms with Gasteiger partial charge in [0, 0.05) is 38.7 Å². The van der Waals surface area contributed by atoms with Gasteiger partial charge in [-0.1, -0.05) is 20.4 Å². The number of aromatic nitrogens is 2. The second-order valence-electron chi connectivity index (χ2n) is 10.2. The molecule has 4 rings (SSSR count). The van der Waals surface area contributed by atoms with E-state index in [1.807, 2.05) is 39.5 Å². The predicted octanol–water partition coefficient (Wildman–Crippen LogP) is 4.14. The van der Waals surface area contributed by atoms with Crippen molar-refractivity contribution in [2.24, 2.45) is 0 Å². The van der Waals surface area contributed by atoms with Crippen LogP contribution in [0.1, 0.15) is 65.6 Å². The number of hydrogen-bond acceptors (Lipinski definition) is 9. The highest BCUT2D eigenvalue weighted by Gasteiger charge is 2.34. The van der Waals surface area contributed by atoms with Crippen LogP contribution in [0.15, 0.2) is 12.4 Å². The van der Waals surface area contributed by atoms with E-state index in [-0.39, 0.29) is 6.01 Å². The summed E-state index contributed by atoms with van der Waals surface area (Å²) in [5, 5.41) is 7.32. The molecule has 2 fully saturated rings. The molecular formula is C28H46FN7O4. The Bertz CT molecular complexity index is 1020. The van der Waals surface area contributed by atoms with Gasteiger partial charge in [0.15, 0.2) is 5.83 Å². The number of halogens is 1. The van der Waals surface area contributed by atoms with Gasteiger partial charge in [0.05, 0.1) is 32.0 Å². The van der Waals surface area contributed by atoms with Crippen LogP contribution in [0.2, 0.25) is 0 Å². The molecule has 224 valence electrons. The van der Waals surface area contributed by atoms with Crippen LogP contribution in [-0.4, -0.2) is 95.7 Å². The van der Waals surface area contributed by atoms with Gasteiger partial charge in [-0.3, -0.25) is 9.69 Å². The summed E-state index contributed by atoms with van der Waals surface area (Å²) in [5.41, 5.74) is 0.932. The third-order valence-corrected chi connectivity index (χ3v) is 6.00. The number of carbonyl (C=O) groups excluding carboxylic acids is 2. The average molecular weight is 564 g/mol. The first-order valence-electron chi connectivity index (χ1n) is 13.7. The molecule has 4 heterocycles. The Balaban J connectivity index is 0.000000615. The lowest BCUT2D eigenvalue weighted by Crippen LogP contribution is -2.49. The fourth-order valence-electron chi connectivity index (χ4n) is 4.19. The molecule has 1 aromatic rings. The zero-order valence-electron chi connectivity index (χ0n) is 25.4. The Morgan fingerprint density at radius 2 is 1.55 bits per heavy atom. The van der Waals surface area contributed by atoms with E-state index >= 15 is 0 Å². The van der Waals surface area contributed by atoms with Gasteiger partial charge in [0.1, 0.15) is 11.4 Å². The minimum atomic E-state index is -0.962. The fraction of sp³-hybridized carbons (Fsp3) is 0.679. The van der Waals surface area contributed by atoms with Crippen LogP contribution < -0.4 is 9.64 Å². The van der Waals surface area contributed by atoms with Gasteiger partial charge < -0.3 is 24.2 Å². The van der Waals surface area contributed by atoms with E-state index in [0.717, 1.165) is 5.56 Å². The smallest absolute Gasteiger partial charge is 0.410 e. The van der Waals surface area contributed by atoms with Crippen LogP contribution in [0.3, 0.4) is 0 Å². The second kappa shape index (κ2) is 16.6. The van der Waals surface area contributed by atoms with Gasteiger partial charge in [0.25, 0.3) is 5.91 Å². The molecule has 1 aromatic heterocycles. The minimum absolute atomic E-state index is 0.209. The Kier molecular flexibility index (Phi) is 14.3. The number of piperazine rings is 1. The number of carbonyl (C=O) groups is 2. The Labute approximate surface area is 238 Å². The summed E-state index contributed by atoms with van der Waals surface area (Å²) in [5.74, 6) is -0.994. The molecule has 0 unspecified atom stereocenters. The zero-order valence-corrected chi connectivity index (χ0v) is 25.4. The molecule has 0 aromatic carbocycles. The Morgan fingerprint density at radius 1 is 1.00 bits per heavy atom. The summed E-state index contributed by atoms with van der Waals surface area (Å²) in [7, 11) is 3.66. The second-order valence-corrected chi connectivity index (χ2v) is 10.2. The topological polar surface area (TPSA) is 115 Å². The standard InChI is InChI=1S/C19H26FN5O4.C5H11N.C2H3N.C2H6/c1-12(20)16(26)24-8-6-23(7-9-24)15-13-10-25(18(27)29-19(2,3)4)11-14(13)21-17(22-15)28-5;1-6-4-2-3-5-6;1-2-3;1-2/h1,6-11H2,2-5H3;2-5H2,1H3;1H3;1-2H3. The molecule has 3 aliphatic heterocycles. The van der Waals surface area contributed by atoms with Crippen molar-refractivity contribution in [3.63, 3.8) is 0 Å². The number of rotatable bonds is 3. The normalized spacial score (nSPS) is 16.1.